The number of hydrogen-bond acceptors (Lipinski definition) is 5. The van der Waals surface area contributed by atoms with Crippen LogP contribution in [0.2, 0.25) is 0 Å². The SMILES string of the molecule is C[C@@H](C=O)[C@@H](c1ccc(Br)cc1)C(C(=O)OCc1ccccc1)C(=O)OCc1ccccc1. The monoisotopic (exact) mass is 508 g/mol. The van der Waals surface area contributed by atoms with Crippen molar-refractivity contribution in [3.8, 4) is 0 Å². The molecule has 0 aromatic heterocycles. The van der Waals surface area contributed by atoms with Crippen molar-refractivity contribution in [3.05, 3.63) is 106 Å². The molecule has 0 saturated heterocycles. The van der Waals surface area contributed by atoms with Crippen LogP contribution in [0.25, 0.3) is 0 Å². The van der Waals surface area contributed by atoms with E-state index in [4.69, 9.17) is 9.47 Å². The Bertz CT molecular complexity index is 995. The number of rotatable bonds is 10. The van der Waals surface area contributed by atoms with E-state index >= 15 is 0 Å². The Morgan fingerprint density at radius 2 is 1.24 bits per heavy atom. The van der Waals surface area contributed by atoms with Crippen LogP contribution in [0.4, 0.5) is 0 Å². The van der Waals surface area contributed by atoms with Crippen molar-refractivity contribution < 1.29 is 23.9 Å². The van der Waals surface area contributed by atoms with Gasteiger partial charge in [0.2, 0.25) is 0 Å². The molecule has 2 atom stereocenters. The van der Waals surface area contributed by atoms with Gasteiger partial charge in [0.25, 0.3) is 0 Å². The lowest BCUT2D eigenvalue weighted by Crippen LogP contribution is -2.36. The summed E-state index contributed by atoms with van der Waals surface area (Å²) in [6, 6.07) is 25.6. The highest BCUT2D eigenvalue weighted by atomic mass is 79.9. The third-order valence-electron chi connectivity index (χ3n) is 5.35. The van der Waals surface area contributed by atoms with Crippen LogP contribution >= 0.6 is 15.9 Å². The summed E-state index contributed by atoms with van der Waals surface area (Å²) in [6.07, 6.45) is 0.745. The van der Waals surface area contributed by atoms with E-state index < -0.39 is 29.7 Å². The molecule has 0 amide bonds. The second-order valence-electron chi connectivity index (χ2n) is 7.74. The summed E-state index contributed by atoms with van der Waals surface area (Å²) in [4.78, 5) is 38.2. The van der Waals surface area contributed by atoms with Crippen molar-refractivity contribution in [2.75, 3.05) is 0 Å². The van der Waals surface area contributed by atoms with Crippen molar-refractivity contribution in [1.29, 1.82) is 0 Å². The first kappa shape index (κ1) is 24.4. The Balaban J connectivity index is 1.88. The molecule has 33 heavy (non-hydrogen) atoms. The minimum Gasteiger partial charge on any atom is -0.460 e. The Kier molecular flexibility index (Phi) is 8.95. The zero-order valence-electron chi connectivity index (χ0n) is 18.2. The first-order chi connectivity index (χ1) is 16.0. The lowest BCUT2D eigenvalue weighted by molar-refractivity contribution is -0.165. The van der Waals surface area contributed by atoms with Crippen molar-refractivity contribution in [2.24, 2.45) is 11.8 Å². The van der Waals surface area contributed by atoms with Crippen LogP contribution in [0.1, 0.15) is 29.5 Å². The number of esters is 2. The van der Waals surface area contributed by atoms with Crippen LogP contribution in [-0.4, -0.2) is 18.2 Å². The minimum absolute atomic E-state index is 0.0185. The maximum atomic E-state index is 13.2. The zero-order chi connectivity index (χ0) is 23.6. The standard InChI is InChI=1S/C27H25BrO5/c1-19(16-29)24(22-12-14-23(28)15-13-22)25(26(30)32-17-20-8-4-2-5-9-20)27(31)33-18-21-10-6-3-7-11-21/h2-16,19,24-25H,17-18H2,1H3/t19-,24-/m0/s1. The van der Waals surface area contributed by atoms with Crippen LogP contribution in [0.5, 0.6) is 0 Å². The van der Waals surface area contributed by atoms with Crippen LogP contribution < -0.4 is 0 Å². The Labute approximate surface area is 201 Å². The van der Waals surface area contributed by atoms with E-state index in [1.807, 2.05) is 72.8 Å². The van der Waals surface area contributed by atoms with E-state index in [9.17, 15) is 14.4 Å². The average Bonchev–Trinajstić information content (AvgIpc) is 2.86. The van der Waals surface area contributed by atoms with Gasteiger partial charge < -0.3 is 14.3 Å². The first-order valence-corrected chi connectivity index (χ1v) is 11.4. The van der Waals surface area contributed by atoms with Crippen molar-refractivity contribution in [1.82, 2.24) is 0 Å². The number of halogens is 1. The lowest BCUT2D eigenvalue weighted by atomic mass is 9.78. The molecule has 3 rings (SSSR count). The number of ether oxygens (including phenoxy) is 2. The highest BCUT2D eigenvalue weighted by molar-refractivity contribution is 9.10. The normalized spacial score (nSPS) is 12.6. The van der Waals surface area contributed by atoms with Gasteiger partial charge in [0.1, 0.15) is 19.5 Å². The highest BCUT2D eigenvalue weighted by Gasteiger charge is 2.41. The maximum absolute atomic E-state index is 13.2. The quantitative estimate of drug-likeness (QED) is 0.206. The van der Waals surface area contributed by atoms with Crippen LogP contribution in [0.15, 0.2) is 89.4 Å². The van der Waals surface area contributed by atoms with Gasteiger partial charge in [0.15, 0.2) is 5.92 Å². The van der Waals surface area contributed by atoms with Crippen molar-refractivity contribution in [3.63, 3.8) is 0 Å². The third kappa shape index (κ3) is 6.86. The van der Waals surface area contributed by atoms with Gasteiger partial charge in [0, 0.05) is 16.3 Å². The molecule has 0 aliphatic heterocycles. The molecule has 5 nitrogen and oxygen atoms in total. The fraction of sp³-hybridized carbons (Fsp3) is 0.222. The highest BCUT2D eigenvalue weighted by Crippen LogP contribution is 2.34. The first-order valence-electron chi connectivity index (χ1n) is 10.6. The molecule has 0 bridgehead atoms. The van der Waals surface area contributed by atoms with E-state index in [1.165, 1.54) is 0 Å². The summed E-state index contributed by atoms with van der Waals surface area (Å²) in [5.41, 5.74) is 2.27. The number of aldehydes is 1. The fourth-order valence-electron chi connectivity index (χ4n) is 3.60. The summed E-state index contributed by atoms with van der Waals surface area (Å²) in [6.45, 7) is 1.72. The maximum Gasteiger partial charge on any atom is 0.321 e. The van der Waals surface area contributed by atoms with Crippen molar-refractivity contribution in [2.45, 2.75) is 26.1 Å². The summed E-state index contributed by atoms with van der Waals surface area (Å²) in [5.74, 6) is -4.09. The predicted octanol–water partition coefficient (Wildman–Crippen LogP) is 5.47. The summed E-state index contributed by atoms with van der Waals surface area (Å²) in [7, 11) is 0. The Morgan fingerprint density at radius 3 is 1.67 bits per heavy atom. The molecule has 170 valence electrons. The van der Waals surface area contributed by atoms with Gasteiger partial charge in [-0.25, -0.2) is 0 Å². The smallest absolute Gasteiger partial charge is 0.321 e. The molecule has 0 unspecified atom stereocenters. The minimum atomic E-state index is -1.29. The Hall–Kier alpha value is -3.25. The number of hydrogen-bond donors (Lipinski definition) is 0. The van der Waals surface area contributed by atoms with Gasteiger partial charge >= 0.3 is 11.9 Å². The molecule has 0 saturated carbocycles. The average molecular weight is 509 g/mol. The molecule has 3 aromatic rings. The molecule has 6 heteroatoms. The van der Waals surface area contributed by atoms with Crippen molar-refractivity contribution >= 4 is 34.2 Å². The van der Waals surface area contributed by atoms with E-state index in [1.54, 1.807) is 19.1 Å². The van der Waals surface area contributed by atoms with E-state index in [0.717, 1.165) is 21.9 Å². The number of carbonyl (C=O) groups excluding carboxylic acids is 3. The summed E-state index contributed by atoms with van der Waals surface area (Å²) >= 11 is 3.39. The van der Waals surface area contributed by atoms with E-state index in [-0.39, 0.29) is 13.2 Å². The lowest BCUT2D eigenvalue weighted by Gasteiger charge is -2.27. The second-order valence-corrected chi connectivity index (χ2v) is 8.65. The molecular weight excluding hydrogens is 484 g/mol. The van der Waals surface area contributed by atoms with Crippen LogP contribution in [-0.2, 0) is 37.1 Å². The molecule has 0 aliphatic carbocycles. The molecule has 0 fully saturated rings. The van der Waals surface area contributed by atoms with E-state index in [2.05, 4.69) is 15.9 Å². The molecule has 0 N–H and O–H groups in total. The van der Waals surface area contributed by atoms with Crippen LogP contribution in [0.3, 0.4) is 0 Å². The van der Waals surface area contributed by atoms with Gasteiger partial charge in [-0.1, -0.05) is 95.7 Å². The molecule has 0 spiro atoms. The predicted molar refractivity (Wildman–Crippen MR) is 128 cm³/mol. The van der Waals surface area contributed by atoms with Gasteiger partial charge in [-0.2, -0.15) is 0 Å². The van der Waals surface area contributed by atoms with Gasteiger partial charge in [-0.3, -0.25) is 9.59 Å². The van der Waals surface area contributed by atoms with Gasteiger partial charge in [0.05, 0.1) is 0 Å². The molecule has 0 aliphatic rings. The number of benzene rings is 3. The molecule has 3 aromatic carbocycles. The molecule has 0 radical (unpaired) electrons. The molecule has 0 heterocycles. The van der Waals surface area contributed by atoms with Gasteiger partial charge in [-0.05, 0) is 28.8 Å². The van der Waals surface area contributed by atoms with Crippen LogP contribution in [0, 0.1) is 11.8 Å². The third-order valence-corrected chi connectivity index (χ3v) is 5.88. The zero-order valence-corrected chi connectivity index (χ0v) is 19.8. The van der Waals surface area contributed by atoms with Gasteiger partial charge in [-0.15, -0.1) is 0 Å². The number of carbonyl (C=O) groups is 3. The fourth-order valence-corrected chi connectivity index (χ4v) is 3.86. The summed E-state index contributed by atoms with van der Waals surface area (Å²) < 4.78 is 11.9. The topological polar surface area (TPSA) is 69.7 Å². The molecular formula is C27H25BrO5. The largest absolute Gasteiger partial charge is 0.460 e. The summed E-state index contributed by atoms with van der Waals surface area (Å²) in [5, 5.41) is 0. The Morgan fingerprint density at radius 1 is 0.788 bits per heavy atom. The van der Waals surface area contributed by atoms with E-state index in [0.29, 0.717) is 5.56 Å². The second kappa shape index (κ2) is 12.1.